The fourth-order valence-electron chi connectivity index (χ4n) is 1.47. The Kier molecular flexibility index (Phi) is 4.03. The van der Waals surface area contributed by atoms with Gasteiger partial charge in [-0.1, -0.05) is 15.9 Å². The molecule has 0 aromatic carbocycles. The van der Waals surface area contributed by atoms with Gasteiger partial charge >= 0.3 is 0 Å². The predicted molar refractivity (Wildman–Crippen MR) is 68.2 cm³/mol. The number of nitrogens with zero attached hydrogens (tertiary/aromatic N) is 3. The van der Waals surface area contributed by atoms with Crippen molar-refractivity contribution < 1.29 is 4.74 Å². The van der Waals surface area contributed by atoms with E-state index in [1.54, 1.807) is 19.5 Å². The van der Waals surface area contributed by atoms with Crippen LogP contribution in [0.25, 0.3) is 0 Å². The van der Waals surface area contributed by atoms with Gasteiger partial charge in [0.05, 0.1) is 7.11 Å². The maximum atomic E-state index is 5.07. The number of pyridine rings is 1. The molecule has 5 heteroatoms. The molecule has 0 bridgehead atoms. The molecular weight excluding hydrogens is 282 g/mol. The molecule has 0 fully saturated rings. The number of rotatable bonds is 4. The molecule has 0 aliphatic rings. The second kappa shape index (κ2) is 5.72. The molecule has 0 amide bonds. The monoisotopic (exact) mass is 293 g/mol. The first kappa shape index (κ1) is 12.0. The van der Waals surface area contributed by atoms with Crippen molar-refractivity contribution >= 4 is 15.9 Å². The number of hydrogen-bond donors (Lipinski definition) is 0. The molecule has 2 aromatic heterocycles. The molecule has 2 aromatic rings. The third-order valence-corrected chi connectivity index (χ3v) is 3.22. The van der Waals surface area contributed by atoms with Crippen molar-refractivity contribution in [1.82, 2.24) is 15.0 Å². The van der Waals surface area contributed by atoms with Crippen molar-refractivity contribution in [3.8, 4) is 5.88 Å². The highest BCUT2D eigenvalue weighted by molar-refractivity contribution is 9.09. The van der Waals surface area contributed by atoms with Gasteiger partial charge in [-0.2, -0.15) is 0 Å². The summed E-state index contributed by atoms with van der Waals surface area (Å²) in [5.74, 6) is 0.587. The second-order valence-electron chi connectivity index (χ2n) is 3.50. The van der Waals surface area contributed by atoms with Crippen LogP contribution < -0.4 is 4.74 Å². The molecule has 0 spiro atoms. The Hall–Kier alpha value is -1.49. The fourth-order valence-corrected chi connectivity index (χ4v) is 2.11. The molecule has 4 nitrogen and oxygen atoms in total. The van der Waals surface area contributed by atoms with Crippen molar-refractivity contribution in [2.24, 2.45) is 0 Å². The van der Waals surface area contributed by atoms with Gasteiger partial charge in [0.15, 0.2) is 0 Å². The van der Waals surface area contributed by atoms with Crippen molar-refractivity contribution in [2.75, 3.05) is 7.11 Å². The predicted octanol–water partition coefficient (Wildman–Crippen LogP) is 2.56. The summed E-state index contributed by atoms with van der Waals surface area (Å²) in [5, 5.41) is 0. The third-order valence-electron chi connectivity index (χ3n) is 2.36. The zero-order valence-corrected chi connectivity index (χ0v) is 11.0. The van der Waals surface area contributed by atoms with E-state index in [9.17, 15) is 0 Å². The van der Waals surface area contributed by atoms with Gasteiger partial charge in [0, 0.05) is 35.4 Å². The topological polar surface area (TPSA) is 47.9 Å². The number of ether oxygens (including phenoxy) is 1. The van der Waals surface area contributed by atoms with E-state index >= 15 is 0 Å². The summed E-state index contributed by atoms with van der Waals surface area (Å²) < 4.78 is 5.07. The molecular formula is C12H12BrN3O. The Morgan fingerprint density at radius 1 is 1.29 bits per heavy atom. The van der Waals surface area contributed by atoms with Crippen molar-refractivity contribution in [2.45, 2.75) is 11.2 Å². The summed E-state index contributed by atoms with van der Waals surface area (Å²) in [6.07, 6.45) is 5.86. The highest BCUT2D eigenvalue weighted by Crippen LogP contribution is 2.26. The number of aromatic nitrogens is 3. The van der Waals surface area contributed by atoms with Crippen LogP contribution in [0.5, 0.6) is 5.88 Å². The van der Waals surface area contributed by atoms with Gasteiger partial charge < -0.3 is 4.74 Å². The normalized spacial score (nSPS) is 12.1. The molecule has 0 saturated carbocycles. The van der Waals surface area contributed by atoms with E-state index in [4.69, 9.17) is 4.74 Å². The van der Waals surface area contributed by atoms with Gasteiger partial charge in [0.25, 0.3) is 0 Å². The summed E-state index contributed by atoms with van der Waals surface area (Å²) in [6.45, 7) is 0. The Balaban J connectivity index is 2.10. The van der Waals surface area contributed by atoms with E-state index in [-0.39, 0.29) is 4.83 Å². The van der Waals surface area contributed by atoms with Crippen LogP contribution in [0, 0.1) is 0 Å². The van der Waals surface area contributed by atoms with Crippen LogP contribution in [-0.2, 0) is 6.42 Å². The lowest BCUT2D eigenvalue weighted by Gasteiger charge is -2.09. The third kappa shape index (κ3) is 3.23. The average Bonchev–Trinajstić information content (AvgIpc) is 2.40. The lowest BCUT2D eigenvalue weighted by molar-refractivity contribution is 0.396. The van der Waals surface area contributed by atoms with E-state index in [2.05, 4.69) is 30.9 Å². The molecule has 0 radical (unpaired) electrons. The van der Waals surface area contributed by atoms with Crippen LogP contribution in [0.15, 0.2) is 36.9 Å². The Morgan fingerprint density at radius 2 is 2.06 bits per heavy atom. The van der Waals surface area contributed by atoms with Crippen LogP contribution in [0.1, 0.15) is 16.1 Å². The average molecular weight is 294 g/mol. The first-order valence-electron chi connectivity index (χ1n) is 5.18. The van der Waals surface area contributed by atoms with Gasteiger partial charge in [0.2, 0.25) is 5.88 Å². The minimum absolute atomic E-state index is 0.213. The zero-order chi connectivity index (χ0) is 12.1. The van der Waals surface area contributed by atoms with Gasteiger partial charge in [-0.15, -0.1) is 0 Å². The van der Waals surface area contributed by atoms with E-state index in [1.807, 2.05) is 18.2 Å². The number of methoxy groups -OCH3 is 1. The molecule has 1 unspecified atom stereocenters. The molecule has 1 atom stereocenters. The standard InChI is InChI=1S/C12H12BrN3O/c1-17-12-7-10(15-8-16-12)6-11(13)9-2-4-14-5-3-9/h2-5,7-8,11H,6H2,1H3. The Labute approximate surface area is 108 Å². The van der Waals surface area contributed by atoms with E-state index in [0.717, 1.165) is 12.1 Å². The molecule has 2 rings (SSSR count). The van der Waals surface area contributed by atoms with Crippen LogP contribution in [0.4, 0.5) is 0 Å². The zero-order valence-electron chi connectivity index (χ0n) is 9.38. The molecule has 0 saturated heterocycles. The SMILES string of the molecule is COc1cc(CC(Br)c2ccncc2)ncn1. The van der Waals surface area contributed by atoms with Crippen LogP contribution >= 0.6 is 15.9 Å². The summed E-state index contributed by atoms with van der Waals surface area (Å²) in [6, 6.07) is 5.81. The summed E-state index contributed by atoms with van der Waals surface area (Å²) in [4.78, 5) is 12.4. The molecule has 0 N–H and O–H groups in total. The molecule has 88 valence electrons. The summed E-state index contributed by atoms with van der Waals surface area (Å²) >= 11 is 3.64. The highest BCUT2D eigenvalue weighted by Gasteiger charge is 2.09. The largest absolute Gasteiger partial charge is 0.481 e. The smallest absolute Gasteiger partial charge is 0.216 e. The van der Waals surface area contributed by atoms with Crippen LogP contribution in [0.3, 0.4) is 0 Å². The lowest BCUT2D eigenvalue weighted by atomic mass is 10.1. The minimum atomic E-state index is 0.213. The van der Waals surface area contributed by atoms with Crippen molar-refractivity contribution in [3.63, 3.8) is 0 Å². The highest BCUT2D eigenvalue weighted by atomic mass is 79.9. The van der Waals surface area contributed by atoms with Gasteiger partial charge in [0.1, 0.15) is 6.33 Å². The molecule has 17 heavy (non-hydrogen) atoms. The molecule has 0 aliphatic heterocycles. The van der Waals surface area contributed by atoms with Crippen molar-refractivity contribution in [3.05, 3.63) is 48.2 Å². The first-order chi connectivity index (χ1) is 8.29. The molecule has 2 heterocycles. The minimum Gasteiger partial charge on any atom is -0.481 e. The number of alkyl halides is 1. The number of halogens is 1. The lowest BCUT2D eigenvalue weighted by Crippen LogP contribution is -1.99. The summed E-state index contributed by atoms with van der Waals surface area (Å²) in [7, 11) is 1.60. The van der Waals surface area contributed by atoms with Gasteiger partial charge in [-0.3, -0.25) is 4.98 Å². The van der Waals surface area contributed by atoms with Crippen LogP contribution in [0.2, 0.25) is 0 Å². The quantitative estimate of drug-likeness (QED) is 0.813. The van der Waals surface area contributed by atoms with Gasteiger partial charge in [-0.05, 0) is 17.7 Å². The summed E-state index contributed by atoms with van der Waals surface area (Å²) in [5.41, 5.74) is 2.12. The van der Waals surface area contributed by atoms with E-state index < -0.39 is 0 Å². The first-order valence-corrected chi connectivity index (χ1v) is 6.10. The fraction of sp³-hybridized carbons (Fsp3) is 0.250. The Bertz CT molecular complexity index is 478. The van der Waals surface area contributed by atoms with E-state index in [0.29, 0.717) is 5.88 Å². The maximum Gasteiger partial charge on any atom is 0.216 e. The Morgan fingerprint density at radius 3 is 2.76 bits per heavy atom. The molecule has 0 aliphatic carbocycles. The van der Waals surface area contributed by atoms with Gasteiger partial charge in [-0.25, -0.2) is 9.97 Å². The second-order valence-corrected chi connectivity index (χ2v) is 4.61. The maximum absolute atomic E-state index is 5.07. The van der Waals surface area contributed by atoms with E-state index in [1.165, 1.54) is 11.9 Å². The van der Waals surface area contributed by atoms with Crippen molar-refractivity contribution in [1.29, 1.82) is 0 Å². The van der Waals surface area contributed by atoms with Crippen LogP contribution in [-0.4, -0.2) is 22.1 Å². The number of hydrogen-bond acceptors (Lipinski definition) is 4.